The van der Waals surface area contributed by atoms with Crippen molar-refractivity contribution in [3.05, 3.63) is 17.2 Å². The van der Waals surface area contributed by atoms with Crippen molar-refractivity contribution in [1.29, 1.82) is 0 Å². The van der Waals surface area contributed by atoms with Crippen LogP contribution in [-0.2, 0) is 10.0 Å². The molecule has 1 atom stereocenters. The molecule has 1 N–H and O–H groups in total. The molecule has 0 bridgehead atoms. The molecule has 106 valence electrons. The van der Waals surface area contributed by atoms with Gasteiger partial charge in [0.25, 0.3) is 0 Å². The Hall–Kier alpha value is -0.880. The van der Waals surface area contributed by atoms with Crippen LogP contribution < -0.4 is 0 Å². The van der Waals surface area contributed by atoms with Gasteiger partial charge in [0.1, 0.15) is 5.82 Å². The van der Waals surface area contributed by atoms with E-state index in [4.69, 9.17) is 0 Å². The van der Waals surface area contributed by atoms with Crippen molar-refractivity contribution in [3.8, 4) is 0 Å². The van der Waals surface area contributed by atoms with Gasteiger partial charge in [0, 0.05) is 12.2 Å². The molecule has 2 heterocycles. The molecule has 0 amide bonds. The summed E-state index contributed by atoms with van der Waals surface area (Å²) in [6, 6.07) is -0.102. The number of aromatic amines is 1. The fraction of sp³-hybridized carbons (Fsp3) is 0.769. The third-order valence-electron chi connectivity index (χ3n) is 4.55. The Balaban J connectivity index is 1.94. The third-order valence-corrected chi connectivity index (χ3v) is 7.26. The number of nitrogens with one attached hydrogen (secondary N) is 1. The second-order valence-electron chi connectivity index (χ2n) is 6.06. The van der Waals surface area contributed by atoms with E-state index in [-0.39, 0.29) is 6.04 Å². The Kier molecular flexibility index (Phi) is 2.80. The van der Waals surface area contributed by atoms with Crippen LogP contribution in [0.1, 0.15) is 55.9 Å². The summed E-state index contributed by atoms with van der Waals surface area (Å²) in [6.45, 7) is 6.41. The summed E-state index contributed by atoms with van der Waals surface area (Å²) in [5.74, 6) is 0.806. The third kappa shape index (κ3) is 1.92. The van der Waals surface area contributed by atoms with Gasteiger partial charge in [-0.2, -0.15) is 4.31 Å². The number of sulfonamides is 1. The van der Waals surface area contributed by atoms with Gasteiger partial charge < -0.3 is 4.98 Å². The van der Waals surface area contributed by atoms with Crippen LogP contribution in [0.4, 0.5) is 0 Å². The lowest BCUT2D eigenvalue weighted by atomic mass is 10.2. The molecule has 1 saturated carbocycles. The minimum Gasteiger partial charge on any atom is -0.345 e. The summed E-state index contributed by atoms with van der Waals surface area (Å²) in [5, 5.41) is 0. The topological polar surface area (TPSA) is 66.1 Å². The zero-order valence-electron chi connectivity index (χ0n) is 11.7. The van der Waals surface area contributed by atoms with Gasteiger partial charge in [0.2, 0.25) is 10.0 Å². The molecule has 0 spiro atoms. The minimum atomic E-state index is -3.19. The molecule has 6 heteroatoms. The van der Waals surface area contributed by atoms with Crippen LogP contribution >= 0.6 is 0 Å². The predicted molar refractivity (Wildman–Crippen MR) is 73.3 cm³/mol. The number of H-pyrrole nitrogens is 1. The molecule has 1 aromatic rings. The monoisotopic (exact) mass is 283 g/mol. The molecule has 0 aromatic carbocycles. The molecule has 2 fully saturated rings. The molecule has 3 rings (SSSR count). The normalized spacial score (nSPS) is 26.8. The zero-order valence-corrected chi connectivity index (χ0v) is 12.5. The summed E-state index contributed by atoms with van der Waals surface area (Å²) >= 11 is 0. The van der Waals surface area contributed by atoms with E-state index < -0.39 is 14.8 Å². The quantitative estimate of drug-likeness (QED) is 0.923. The maximum absolute atomic E-state index is 12.7. The molecule has 19 heavy (non-hydrogen) atoms. The number of aromatic nitrogens is 2. The summed E-state index contributed by atoms with van der Waals surface area (Å²) in [6.07, 6.45) is 3.35. The molecule has 2 aliphatic rings. The van der Waals surface area contributed by atoms with Crippen molar-refractivity contribution in [2.75, 3.05) is 6.54 Å². The second-order valence-corrected chi connectivity index (χ2v) is 8.46. The minimum absolute atomic E-state index is 0.102. The van der Waals surface area contributed by atoms with E-state index in [0.29, 0.717) is 6.54 Å². The van der Waals surface area contributed by atoms with Gasteiger partial charge >= 0.3 is 0 Å². The fourth-order valence-electron chi connectivity index (χ4n) is 2.75. The van der Waals surface area contributed by atoms with E-state index in [9.17, 15) is 8.42 Å². The van der Waals surface area contributed by atoms with E-state index in [1.54, 1.807) is 4.31 Å². The van der Waals surface area contributed by atoms with Gasteiger partial charge in [-0.3, -0.25) is 0 Å². The van der Waals surface area contributed by atoms with Crippen molar-refractivity contribution >= 4 is 10.0 Å². The molecule has 1 saturated heterocycles. The number of nitrogens with zero attached hydrogens (tertiary/aromatic N) is 2. The maximum Gasteiger partial charge on any atom is 0.220 e. The van der Waals surface area contributed by atoms with Gasteiger partial charge in [0.05, 0.1) is 16.5 Å². The average molecular weight is 283 g/mol. The lowest BCUT2D eigenvalue weighted by molar-refractivity contribution is 0.378. The zero-order chi connectivity index (χ0) is 13.8. The Morgan fingerprint density at radius 2 is 2.05 bits per heavy atom. The van der Waals surface area contributed by atoms with Gasteiger partial charge in [-0.05, 0) is 46.5 Å². The average Bonchev–Trinajstić information content (AvgIpc) is 2.81. The molecule has 1 aliphatic carbocycles. The Morgan fingerprint density at radius 3 is 2.58 bits per heavy atom. The number of rotatable bonds is 3. The number of hydrogen-bond acceptors (Lipinski definition) is 3. The van der Waals surface area contributed by atoms with Crippen LogP contribution in [-0.4, -0.2) is 34.0 Å². The van der Waals surface area contributed by atoms with Crippen LogP contribution in [0.2, 0.25) is 0 Å². The first-order chi connectivity index (χ1) is 8.85. The molecular weight excluding hydrogens is 262 g/mol. The highest BCUT2D eigenvalue weighted by molar-refractivity contribution is 7.90. The van der Waals surface area contributed by atoms with Gasteiger partial charge in [-0.15, -0.1) is 0 Å². The van der Waals surface area contributed by atoms with E-state index in [1.165, 1.54) is 0 Å². The fourth-order valence-corrected chi connectivity index (χ4v) is 4.84. The van der Waals surface area contributed by atoms with Crippen LogP contribution in [0.15, 0.2) is 0 Å². The molecule has 0 radical (unpaired) electrons. The number of hydrogen-bond donors (Lipinski definition) is 1. The highest BCUT2D eigenvalue weighted by Crippen LogP contribution is 2.48. The van der Waals surface area contributed by atoms with E-state index in [2.05, 4.69) is 9.97 Å². The standard InChI is InChI=1S/C13H21N3O2S/c1-9-10(2)15-12(14-9)11-5-4-8-16(11)19(17,18)13(3)6-7-13/h11H,4-8H2,1-3H3,(H,14,15). The van der Waals surface area contributed by atoms with Crippen molar-refractivity contribution in [2.45, 2.75) is 57.2 Å². The van der Waals surface area contributed by atoms with Crippen molar-refractivity contribution in [1.82, 2.24) is 14.3 Å². The van der Waals surface area contributed by atoms with Crippen LogP contribution in [0.25, 0.3) is 0 Å². The number of aryl methyl sites for hydroxylation is 2. The smallest absolute Gasteiger partial charge is 0.220 e. The van der Waals surface area contributed by atoms with Gasteiger partial charge in [-0.1, -0.05) is 0 Å². The lowest BCUT2D eigenvalue weighted by Crippen LogP contribution is -2.38. The summed E-state index contributed by atoms with van der Waals surface area (Å²) in [5.41, 5.74) is 1.98. The van der Waals surface area contributed by atoms with Gasteiger partial charge in [0.15, 0.2) is 0 Å². The van der Waals surface area contributed by atoms with Crippen molar-refractivity contribution in [3.63, 3.8) is 0 Å². The van der Waals surface area contributed by atoms with E-state index in [0.717, 1.165) is 42.9 Å². The molecular formula is C13H21N3O2S. The van der Waals surface area contributed by atoms with Crippen LogP contribution in [0, 0.1) is 13.8 Å². The van der Waals surface area contributed by atoms with E-state index in [1.807, 2.05) is 20.8 Å². The highest BCUT2D eigenvalue weighted by Gasteiger charge is 2.55. The second kappa shape index (κ2) is 4.06. The predicted octanol–water partition coefficient (Wildman–Crippen LogP) is 2.05. The molecule has 1 aliphatic heterocycles. The van der Waals surface area contributed by atoms with Gasteiger partial charge in [-0.25, -0.2) is 13.4 Å². The van der Waals surface area contributed by atoms with Crippen LogP contribution in [0.3, 0.4) is 0 Å². The lowest BCUT2D eigenvalue weighted by Gasteiger charge is -2.26. The molecule has 1 unspecified atom stereocenters. The molecule has 5 nitrogen and oxygen atoms in total. The first-order valence-corrected chi connectivity index (χ1v) is 8.34. The number of imidazole rings is 1. The SMILES string of the molecule is Cc1nc(C2CCCN2S(=O)(=O)C2(C)CC2)[nH]c1C. The Morgan fingerprint density at radius 1 is 1.37 bits per heavy atom. The van der Waals surface area contributed by atoms with E-state index >= 15 is 0 Å². The largest absolute Gasteiger partial charge is 0.345 e. The first-order valence-electron chi connectivity index (χ1n) is 6.90. The first kappa shape index (κ1) is 13.1. The summed E-state index contributed by atoms with van der Waals surface area (Å²) in [7, 11) is -3.19. The summed E-state index contributed by atoms with van der Waals surface area (Å²) < 4.78 is 26.5. The summed E-state index contributed by atoms with van der Waals surface area (Å²) in [4.78, 5) is 7.74. The van der Waals surface area contributed by atoms with Crippen molar-refractivity contribution in [2.24, 2.45) is 0 Å². The Bertz CT molecular complexity index is 582. The molecule has 1 aromatic heterocycles. The van der Waals surface area contributed by atoms with Crippen molar-refractivity contribution < 1.29 is 8.42 Å². The maximum atomic E-state index is 12.7. The highest BCUT2D eigenvalue weighted by atomic mass is 32.2. The Labute approximate surface area is 114 Å². The van der Waals surface area contributed by atoms with Crippen LogP contribution in [0.5, 0.6) is 0 Å².